The highest BCUT2D eigenvalue weighted by molar-refractivity contribution is 7.25. The maximum atomic E-state index is 6.79. The number of fused-ring (bicyclic) bond motifs is 8. The monoisotopic (exact) mass is 684 g/mol. The first-order valence-electron chi connectivity index (χ1n) is 17.4. The van der Waals surface area contributed by atoms with Gasteiger partial charge in [-0.15, -0.1) is 11.3 Å². The van der Waals surface area contributed by atoms with Crippen LogP contribution < -0.4 is 4.90 Å². The zero-order valence-electron chi connectivity index (χ0n) is 27.8. The molecule has 0 N–H and O–H groups in total. The lowest BCUT2D eigenvalue weighted by molar-refractivity contribution is 0.620. The lowest BCUT2D eigenvalue weighted by atomic mass is 9.98. The van der Waals surface area contributed by atoms with Crippen LogP contribution in [0.15, 0.2) is 179 Å². The summed E-state index contributed by atoms with van der Waals surface area (Å²) in [5.41, 5.74) is 9.47. The first-order chi connectivity index (χ1) is 25.7. The van der Waals surface area contributed by atoms with E-state index in [-0.39, 0.29) is 0 Å². The summed E-state index contributed by atoms with van der Waals surface area (Å²) < 4.78 is 15.6. The molecular formula is C47H28N2O2S. The Morgan fingerprint density at radius 1 is 0.462 bits per heavy atom. The van der Waals surface area contributed by atoms with Crippen molar-refractivity contribution in [2.24, 2.45) is 0 Å². The van der Waals surface area contributed by atoms with Gasteiger partial charge in [-0.05, 0) is 82.6 Å². The number of benzene rings is 8. The normalized spacial score (nSPS) is 11.8. The molecule has 5 heteroatoms. The SMILES string of the molecule is c1ccc(-c2nc3cc4oc5c(N(c6ccc(-c7cccc8ccccc78)cc6)c6ccc7sc8ccccc8c7c6)cccc5c4cc3o2)cc1. The van der Waals surface area contributed by atoms with Crippen LogP contribution in [0.3, 0.4) is 0 Å². The third-order valence-electron chi connectivity index (χ3n) is 10.1. The van der Waals surface area contributed by atoms with Gasteiger partial charge < -0.3 is 13.7 Å². The van der Waals surface area contributed by atoms with Crippen molar-refractivity contribution in [1.82, 2.24) is 4.98 Å². The van der Waals surface area contributed by atoms with Gasteiger partial charge in [0.1, 0.15) is 11.1 Å². The van der Waals surface area contributed by atoms with E-state index >= 15 is 0 Å². The summed E-state index contributed by atoms with van der Waals surface area (Å²) in [5.74, 6) is 0.600. The van der Waals surface area contributed by atoms with Crippen LogP contribution in [0.25, 0.3) is 86.6 Å². The molecule has 52 heavy (non-hydrogen) atoms. The average molecular weight is 685 g/mol. The predicted molar refractivity (Wildman–Crippen MR) is 217 cm³/mol. The first kappa shape index (κ1) is 29.1. The van der Waals surface area contributed by atoms with E-state index in [1.54, 1.807) is 0 Å². The summed E-state index contributed by atoms with van der Waals surface area (Å²) in [7, 11) is 0. The van der Waals surface area contributed by atoms with Gasteiger partial charge in [0.25, 0.3) is 0 Å². The highest BCUT2D eigenvalue weighted by Crippen LogP contribution is 2.45. The minimum Gasteiger partial charge on any atom is -0.454 e. The van der Waals surface area contributed by atoms with Crippen molar-refractivity contribution in [3.63, 3.8) is 0 Å². The molecule has 0 aliphatic heterocycles. The second-order valence-corrected chi connectivity index (χ2v) is 14.2. The fraction of sp³-hybridized carbons (Fsp3) is 0. The molecule has 3 heterocycles. The number of nitrogens with zero attached hydrogens (tertiary/aromatic N) is 2. The molecule has 0 aliphatic carbocycles. The van der Waals surface area contributed by atoms with Crippen LogP contribution in [-0.2, 0) is 0 Å². The highest BCUT2D eigenvalue weighted by Gasteiger charge is 2.22. The third kappa shape index (κ3) is 4.57. The summed E-state index contributed by atoms with van der Waals surface area (Å²) in [5, 5.41) is 7.00. The molecule has 4 nitrogen and oxygen atoms in total. The van der Waals surface area contributed by atoms with Crippen LogP contribution in [-0.4, -0.2) is 4.98 Å². The van der Waals surface area contributed by atoms with Crippen LogP contribution >= 0.6 is 11.3 Å². The molecule has 0 saturated heterocycles. The molecule has 244 valence electrons. The van der Waals surface area contributed by atoms with Crippen molar-refractivity contribution < 1.29 is 8.83 Å². The summed E-state index contributed by atoms with van der Waals surface area (Å²) in [6.45, 7) is 0. The first-order valence-corrected chi connectivity index (χ1v) is 18.2. The number of furan rings is 1. The molecule has 0 bridgehead atoms. The van der Waals surface area contributed by atoms with Crippen molar-refractivity contribution in [2.75, 3.05) is 4.90 Å². The topological polar surface area (TPSA) is 42.4 Å². The number of hydrogen-bond donors (Lipinski definition) is 0. The molecule has 11 rings (SSSR count). The quantitative estimate of drug-likeness (QED) is 0.181. The zero-order chi connectivity index (χ0) is 34.2. The molecule has 0 atom stereocenters. The zero-order valence-corrected chi connectivity index (χ0v) is 28.6. The fourth-order valence-electron chi connectivity index (χ4n) is 7.63. The number of oxazole rings is 1. The van der Waals surface area contributed by atoms with E-state index < -0.39 is 0 Å². The average Bonchev–Trinajstić information content (AvgIpc) is 3.91. The second-order valence-electron chi connectivity index (χ2n) is 13.1. The van der Waals surface area contributed by atoms with Crippen molar-refractivity contribution in [1.29, 1.82) is 0 Å². The maximum Gasteiger partial charge on any atom is 0.227 e. The van der Waals surface area contributed by atoms with Gasteiger partial charge in [-0.1, -0.05) is 103 Å². The van der Waals surface area contributed by atoms with Gasteiger partial charge in [0.05, 0.1) is 5.69 Å². The predicted octanol–water partition coefficient (Wildman–Crippen LogP) is 14.1. The van der Waals surface area contributed by atoms with Gasteiger partial charge in [-0.3, -0.25) is 0 Å². The van der Waals surface area contributed by atoms with Crippen molar-refractivity contribution >= 4 is 92.4 Å². The van der Waals surface area contributed by atoms with Gasteiger partial charge in [-0.25, -0.2) is 4.98 Å². The van der Waals surface area contributed by atoms with Crippen LogP contribution in [0.1, 0.15) is 0 Å². The third-order valence-corrected chi connectivity index (χ3v) is 11.2. The molecule has 3 aromatic heterocycles. The summed E-state index contributed by atoms with van der Waals surface area (Å²) in [4.78, 5) is 7.14. The molecule has 0 spiro atoms. The molecule has 0 saturated carbocycles. The Kier molecular flexibility index (Phi) is 6.39. The Labute approximate surface area is 302 Å². The summed E-state index contributed by atoms with van der Waals surface area (Å²) in [6.07, 6.45) is 0. The Morgan fingerprint density at radius 2 is 1.19 bits per heavy atom. The van der Waals surface area contributed by atoms with E-state index in [1.807, 2.05) is 47.7 Å². The minimum atomic E-state index is 0.600. The van der Waals surface area contributed by atoms with E-state index in [0.29, 0.717) is 5.89 Å². The number of hydrogen-bond acceptors (Lipinski definition) is 5. The van der Waals surface area contributed by atoms with Crippen molar-refractivity contribution in [3.8, 4) is 22.6 Å². The largest absolute Gasteiger partial charge is 0.454 e. The van der Waals surface area contributed by atoms with E-state index in [0.717, 1.165) is 55.7 Å². The van der Waals surface area contributed by atoms with Crippen molar-refractivity contribution in [3.05, 3.63) is 170 Å². The smallest absolute Gasteiger partial charge is 0.227 e. The van der Waals surface area contributed by atoms with Crippen LogP contribution in [0.4, 0.5) is 17.1 Å². The number of aromatic nitrogens is 1. The molecule has 8 aromatic carbocycles. The van der Waals surface area contributed by atoms with Crippen LogP contribution in [0.5, 0.6) is 0 Å². The fourth-order valence-corrected chi connectivity index (χ4v) is 8.72. The Morgan fingerprint density at radius 3 is 2.10 bits per heavy atom. The molecule has 11 aromatic rings. The number of anilines is 3. The van der Waals surface area contributed by atoms with Gasteiger partial charge in [-0.2, -0.15) is 0 Å². The van der Waals surface area contributed by atoms with Crippen LogP contribution in [0, 0.1) is 0 Å². The Balaban J connectivity index is 1.10. The molecule has 0 unspecified atom stereocenters. The van der Waals surface area contributed by atoms with Crippen LogP contribution in [0.2, 0.25) is 0 Å². The van der Waals surface area contributed by atoms with Gasteiger partial charge >= 0.3 is 0 Å². The van der Waals surface area contributed by atoms with Gasteiger partial charge in [0.15, 0.2) is 11.2 Å². The second kappa shape index (κ2) is 11.4. The molecule has 0 amide bonds. The lowest BCUT2D eigenvalue weighted by Gasteiger charge is -2.26. The van der Waals surface area contributed by atoms with E-state index in [2.05, 4.69) is 138 Å². The van der Waals surface area contributed by atoms with Gasteiger partial charge in [0.2, 0.25) is 5.89 Å². The molecule has 0 radical (unpaired) electrons. The van der Waals surface area contributed by atoms with E-state index in [9.17, 15) is 0 Å². The summed E-state index contributed by atoms with van der Waals surface area (Å²) in [6, 6.07) is 59.8. The highest BCUT2D eigenvalue weighted by atomic mass is 32.1. The molecule has 0 fully saturated rings. The maximum absolute atomic E-state index is 6.79. The van der Waals surface area contributed by atoms with E-state index in [4.69, 9.17) is 13.8 Å². The Hall–Kier alpha value is -6.69. The molecular weight excluding hydrogens is 657 g/mol. The van der Waals surface area contributed by atoms with Crippen molar-refractivity contribution in [2.45, 2.75) is 0 Å². The minimum absolute atomic E-state index is 0.600. The summed E-state index contributed by atoms with van der Waals surface area (Å²) >= 11 is 1.83. The number of thiophene rings is 1. The molecule has 0 aliphatic rings. The number of para-hydroxylation sites is 1. The lowest BCUT2D eigenvalue weighted by Crippen LogP contribution is -2.10. The number of rotatable bonds is 5. The van der Waals surface area contributed by atoms with E-state index in [1.165, 1.54) is 42.1 Å². The Bertz CT molecular complexity index is 3130. The van der Waals surface area contributed by atoms with Gasteiger partial charge in [0, 0.05) is 53.9 Å². The standard InChI is InChI=1S/C47H28N2O2S/c1-2-11-31(12-3-1)47-48-40-28-42-38(27-43(40)51-47)37-17-9-18-41(46(37)50-42)49(33-24-25-45-39(26-33)36-15-6-7-19-44(36)52-45)32-22-20-30(21-23-32)35-16-8-13-29-10-4-5-14-34(29)35/h1-28H.